The number of hydrogen-bond acceptors (Lipinski definition) is 3. The SMILES string of the molecule is CC(C)CCNC(=O)c1cc(S(=O)(=O)Cl)cn1C(C)C. The summed E-state index contributed by atoms with van der Waals surface area (Å²) in [5, 5.41) is 2.79. The summed E-state index contributed by atoms with van der Waals surface area (Å²) in [5.41, 5.74) is 0.308. The van der Waals surface area contributed by atoms with Gasteiger partial charge in [0.25, 0.3) is 15.0 Å². The van der Waals surface area contributed by atoms with E-state index < -0.39 is 9.05 Å². The summed E-state index contributed by atoms with van der Waals surface area (Å²) in [5.74, 6) is 0.205. The van der Waals surface area contributed by atoms with E-state index in [2.05, 4.69) is 19.2 Å². The number of carbonyl (C=O) groups is 1. The Morgan fingerprint density at radius 2 is 1.95 bits per heavy atom. The molecule has 0 radical (unpaired) electrons. The molecule has 0 aliphatic carbocycles. The van der Waals surface area contributed by atoms with Gasteiger partial charge in [-0.15, -0.1) is 0 Å². The maximum Gasteiger partial charge on any atom is 0.267 e. The number of amides is 1. The molecule has 0 spiro atoms. The number of carbonyl (C=O) groups excluding carboxylic acids is 1. The molecule has 0 saturated carbocycles. The summed E-state index contributed by atoms with van der Waals surface area (Å²) >= 11 is 0. The molecule has 7 heteroatoms. The largest absolute Gasteiger partial charge is 0.351 e. The Bertz CT molecular complexity index is 576. The molecule has 0 saturated heterocycles. The summed E-state index contributed by atoms with van der Waals surface area (Å²) in [7, 11) is 1.49. The van der Waals surface area contributed by atoms with Crippen molar-refractivity contribution in [2.45, 2.75) is 45.1 Å². The second-order valence-corrected chi connectivity index (χ2v) is 8.00. The third-order valence-corrected chi connectivity index (χ3v) is 4.22. The third kappa shape index (κ3) is 4.52. The van der Waals surface area contributed by atoms with Gasteiger partial charge in [-0.1, -0.05) is 13.8 Å². The lowest BCUT2D eigenvalue weighted by atomic mass is 10.1. The van der Waals surface area contributed by atoms with Crippen LogP contribution in [0.3, 0.4) is 0 Å². The third-order valence-electron chi connectivity index (χ3n) is 2.90. The van der Waals surface area contributed by atoms with Crippen LogP contribution in [0.25, 0.3) is 0 Å². The van der Waals surface area contributed by atoms with E-state index in [1.807, 2.05) is 13.8 Å². The molecule has 1 N–H and O–H groups in total. The highest BCUT2D eigenvalue weighted by Gasteiger charge is 2.21. The van der Waals surface area contributed by atoms with Crippen LogP contribution in [0.1, 0.15) is 50.6 Å². The molecule has 1 heterocycles. The molecule has 0 aliphatic heterocycles. The molecule has 5 nitrogen and oxygen atoms in total. The average molecular weight is 321 g/mol. The molecule has 0 bridgehead atoms. The fraction of sp³-hybridized carbons (Fsp3) is 0.615. The summed E-state index contributed by atoms with van der Waals surface area (Å²) in [4.78, 5) is 12.1. The van der Waals surface area contributed by atoms with E-state index in [1.165, 1.54) is 12.3 Å². The van der Waals surface area contributed by atoms with Crippen molar-refractivity contribution in [3.8, 4) is 0 Å². The molecular weight excluding hydrogens is 300 g/mol. The predicted molar refractivity (Wildman–Crippen MR) is 79.6 cm³/mol. The molecule has 114 valence electrons. The topological polar surface area (TPSA) is 68.2 Å². The van der Waals surface area contributed by atoms with Gasteiger partial charge < -0.3 is 9.88 Å². The molecule has 0 aromatic carbocycles. The Labute approximate surface area is 124 Å². The predicted octanol–water partition coefficient (Wildman–Crippen LogP) is 2.77. The van der Waals surface area contributed by atoms with Crippen molar-refractivity contribution in [3.63, 3.8) is 0 Å². The summed E-state index contributed by atoms with van der Waals surface area (Å²) in [6.07, 6.45) is 2.26. The Morgan fingerprint density at radius 3 is 2.40 bits per heavy atom. The maximum absolute atomic E-state index is 12.1. The van der Waals surface area contributed by atoms with Crippen molar-refractivity contribution < 1.29 is 13.2 Å². The molecule has 1 rings (SSSR count). The zero-order valence-electron chi connectivity index (χ0n) is 12.2. The lowest BCUT2D eigenvalue weighted by Gasteiger charge is -2.13. The van der Waals surface area contributed by atoms with Crippen molar-refractivity contribution in [2.75, 3.05) is 6.54 Å². The summed E-state index contributed by atoms with van der Waals surface area (Å²) < 4.78 is 24.3. The van der Waals surface area contributed by atoms with E-state index in [0.29, 0.717) is 18.2 Å². The van der Waals surface area contributed by atoms with E-state index in [4.69, 9.17) is 10.7 Å². The van der Waals surface area contributed by atoms with Gasteiger partial charge in [-0.25, -0.2) is 8.42 Å². The highest BCUT2D eigenvalue weighted by molar-refractivity contribution is 8.13. The number of rotatable bonds is 6. The second-order valence-electron chi connectivity index (χ2n) is 5.44. The monoisotopic (exact) mass is 320 g/mol. The van der Waals surface area contributed by atoms with Crippen LogP contribution in [0.15, 0.2) is 17.2 Å². The second kappa shape index (κ2) is 6.63. The van der Waals surface area contributed by atoms with E-state index in [1.54, 1.807) is 4.57 Å². The maximum atomic E-state index is 12.1. The van der Waals surface area contributed by atoms with Crippen LogP contribution >= 0.6 is 10.7 Å². The van der Waals surface area contributed by atoms with E-state index in [-0.39, 0.29) is 16.8 Å². The van der Waals surface area contributed by atoms with Crippen molar-refractivity contribution >= 4 is 25.6 Å². The molecule has 0 aliphatic rings. The molecule has 1 aromatic heterocycles. The first-order valence-electron chi connectivity index (χ1n) is 6.57. The Morgan fingerprint density at radius 1 is 1.35 bits per heavy atom. The van der Waals surface area contributed by atoms with Crippen LogP contribution in [-0.2, 0) is 9.05 Å². The van der Waals surface area contributed by atoms with Gasteiger partial charge >= 0.3 is 0 Å². The van der Waals surface area contributed by atoms with Gasteiger partial charge in [0.1, 0.15) is 10.6 Å². The highest BCUT2D eigenvalue weighted by atomic mass is 35.7. The van der Waals surface area contributed by atoms with Gasteiger partial charge in [-0.3, -0.25) is 4.79 Å². The first kappa shape index (κ1) is 17.0. The van der Waals surface area contributed by atoms with E-state index in [0.717, 1.165) is 6.42 Å². The molecular formula is C13H21ClN2O3S. The fourth-order valence-electron chi connectivity index (χ4n) is 1.76. The van der Waals surface area contributed by atoms with Crippen LogP contribution < -0.4 is 5.32 Å². The normalized spacial score (nSPS) is 12.2. The van der Waals surface area contributed by atoms with Gasteiger partial charge in [0.15, 0.2) is 0 Å². The Balaban J connectivity index is 2.98. The Kier molecular flexibility index (Phi) is 5.65. The molecule has 20 heavy (non-hydrogen) atoms. The minimum Gasteiger partial charge on any atom is -0.351 e. The fourth-order valence-corrected chi connectivity index (χ4v) is 2.51. The Hall–Kier alpha value is -1.01. The van der Waals surface area contributed by atoms with Crippen molar-refractivity contribution in [1.29, 1.82) is 0 Å². The average Bonchev–Trinajstić information content (AvgIpc) is 2.72. The smallest absolute Gasteiger partial charge is 0.267 e. The minimum absolute atomic E-state index is 0.0342. The van der Waals surface area contributed by atoms with Crippen LogP contribution in [0.4, 0.5) is 0 Å². The lowest BCUT2D eigenvalue weighted by molar-refractivity contribution is 0.0941. The summed E-state index contributed by atoms with van der Waals surface area (Å²) in [6.45, 7) is 8.44. The molecule has 1 amide bonds. The first-order chi connectivity index (χ1) is 9.12. The minimum atomic E-state index is -3.83. The van der Waals surface area contributed by atoms with Gasteiger partial charge in [0.2, 0.25) is 0 Å². The molecule has 1 aromatic rings. The van der Waals surface area contributed by atoms with Gasteiger partial charge in [0, 0.05) is 29.5 Å². The van der Waals surface area contributed by atoms with E-state index in [9.17, 15) is 13.2 Å². The highest BCUT2D eigenvalue weighted by Crippen LogP contribution is 2.21. The standard InChI is InChI=1S/C13H21ClN2O3S/c1-9(2)5-6-15-13(17)12-7-11(20(14,18)19)8-16(12)10(3)4/h7-10H,5-6H2,1-4H3,(H,15,17). The molecule has 0 fully saturated rings. The number of nitrogens with one attached hydrogen (secondary N) is 1. The lowest BCUT2D eigenvalue weighted by Crippen LogP contribution is -2.27. The van der Waals surface area contributed by atoms with Crippen LogP contribution in [0.2, 0.25) is 0 Å². The van der Waals surface area contributed by atoms with Gasteiger partial charge in [0.05, 0.1) is 0 Å². The zero-order valence-corrected chi connectivity index (χ0v) is 13.8. The summed E-state index contributed by atoms with van der Waals surface area (Å²) in [6, 6.07) is 1.28. The van der Waals surface area contributed by atoms with Crippen molar-refractivity contribution in [1.82, 2.24) is 9.88 Å². The number of aromatic nitrogens is 1. The molecule has 0 atom stereocenters. The van der Waals surface area contributed by atoms with Crippen molar-refractivity contribution in [3.05, 3.63) is 18.0 Å². The van der Waals surface area contributed by atoms with Gasteiger partial charge in [-0.05, 0) is 32.3 Å². The number of hydrogen-bond donors (Lipinski definition) is 1. The van der Waals surface area contributed by atoms with Gasteiger partial charge in [-0.2, -0.15) is 0 Å². The van der Waals surface area contributed by atoms with Crippen LogP contribution in [0.5, 0.6) is 0 Å². The van der Waals surface area contributed by atoms with Crippen LogP contribution in [0, 0.1) is 5.92 Å². The van der Waals surface area contributed by atoms with Crippen LogP contribution in [-0.4, -0.2) is 25.4 Å². The van der Waals surface area contributed by atoms with Crippen molar-refractivity contribution in [2.24, 2.45) is 5.92 Å². The quantitative estimate of drug-likeness (QED) is 0.819. The first-order valence-corrected chi connectivity index (χ1v) is 8.88. The van der Waals surface area contributed by atoms with E-state index >= 15 is 0 Å². The molecule has 0 unspecified atom stereocenters. The number of halogens is 1. The number of nitrogens with zero attached hydrogens (tertiary/aromatic N) is 1. The zero-order chi connectivity index (χ0) is 15.5.